The van der Waals surface area contributed by atoms with Crippen molar-refractivity contribution in [3.05, 3.63) is 90.3 Å². The molecule has 5 aromatic rings. The molecule has 5 heterocycles. The molecule has 306 valence electrons. The van der Waals surface area contributed by atoms with Gasteiger partial charge in [-0.1, -0.05) is 62.8 Å². The molecule has 2 aromatic heterocycles. The Labute approximate surface area is 348 Å². The van der Waals surface area contributed by atoms with Crippen molar-refractivity contribution >= 4 is 52.2 Å². The van der Waals surface area contributed by atoms with Crippen LogP contribution in [-0.2, 0) is 9.59 Å². The topological polar surface area (TPSA) is 166 Å². The van der Waals surface area contributed by atoms with Gasteiger partial charge < -0.3 is 15.4 Å². The second-order valence-corrected chi connectivity index (χ2v) is 16.7. The second-order valence-electron chi connectivity index (χ2n) is 15.6. The summed E-state index contributed by atoms with van der Waals surface area (Å²) >= 11 is 1.59. The Bertz CT molecular complexity index is 2320. The van der Waals surface area contributed by atoms with Crippen LogP contribution < -0.4 is 15.8 Å². The quantitative estimate of drug-likeness (QED) is 0.0534. The number of carbonyl (C=O) groups excluding carboxylic acids is 4. The van der Waals surface area contributed by atoms with E-state index in [2.05, 4.69) is 24.9 Å². The first-order valence-corrected chi connectivity index (χ1v) is 21.9. The molecule has 8 rings (SSSR count). The van der Waals surface area contributed by atoms with Gasteiger partial charge in [0, 0.05) is 23.4 Å². The van der Waals surface area contributed by atoms with Gasteiger partial charge in [0.05, 0.1) is 22.6 Å². The maximum atomic E-state index is 13.4. The van der Waals surface area contributed by atoms with E-state index in [0.29, 0.717) is 16.9 Å². The Morgan fingerprint density at radius 3 is 2.32 bits per heavy atom. The van der Waals surface area contributed by atoms with Crippen molar-refractivity contribution in [3.8, 4) is 22.8 Å². The van der Waals surface area contributed by atoms with Gasteiger partial charge in [-0.15, -0.1) is 11.8 Å². The fraction of sp³-hybridized carbons (Fsp3) is 0.400. The highest BCUT2D eigenvalue weighted by molar-refractivity contribution is 7.99. The van der Waals surface area contributed by atoms with Crippen molar-refractivity contribution in [2.75, 3.05) is 31.1 Å². The van der Waals surface area contributed by atoms with Crippen molar-refractivity contribution < 1.29 is 23.9 Å². The van der Waals surface area contributed by atoms with Gasteiger partial charge in [0.1, 0.15) is 35.4 Å². The molecule has 3 aliphatic heterocycles. The molecule has 2 saturated heterocycles. The molecule has 0 saturated carbocycles. The van der Waals surface area contributed by atoms with Crippen LogP contribution in [0.1, 0.15) is 104 Å². The lowest BCUT2D eigenvalue weighted by Gasteiger charge is -2.33. The number of unbranched alkanes of at least 4 members (excludes halogenated alkanes) is 7. The smallest absolute Gasteiger partial charge is 0.263 e. The Hall–Kier alpha value is -5.60. The lowest BCUT2D eigenvalue weighted by molar-refractivity contribution is -0.136. The highest BCUT2D eigenvalue weighted by atomic mass is 32.2. The first-order chi connectivity index (χ1) is 28.9. The summed E-state index contributed by atoms with van der Waals surface area (Å²) in [5.41, 5.74) is 9.65. The molecule has 59 heavy (non-hydrogen) atoms. The van der Waals surface area contributed by atoms with Gasteiger partial charge in [0.2, 0.25) is 11.8 Å². The summed E-state index contributed by atoms with van der Waals surface area (Å²) in [5.74, 6) is 0.933. The number of benzene rings is 3. The summed E-state index contributed by atoms with van der Waals surface area (Å²) in [6, 6.07) is 22.2. The maximum Gasteiger partial charge on any atom is 0.263 e. The van der Waals surface area contributed by atoms with E-state index in [9.17, 15) is 19.2 Å². The van der Waals surface area contributed by atoms with Crippen LogP contribution >= 0.6 is 11.8 Å². The molecular weight excluding hydrogens is 765 g/mol. The fourth-order valence-electron chi connectivity index (χ4n) is 8.48. The van der Waals surface area contributed by atoms with Crippen molar-refractivity contribution in [3.63, 3.8) is 0 Å². The number of ether oxygens (including phenoxy) is 1. The van der Waals surface area contributed by atoms with Crippen LogP contribution in [0.3, 0.4) is 0 Å². The standard InChI is InChI=1S/C45H50N8O5S/c46-41-39-40(30-19-21-33(22-20-30)58-32-15-8-7-9-16-32)50-53(42(39)48-29-47-41)31-14-13-26-51(28-31)25-10-5-3-1-2-4-6-11-27-59-36-18-12-17-34-38(36)45(57)52(44(34)56)35-23-24-37(54)49-43(35)55/h7-9,12,15-22,29,31,35H,1-6,10-11,13-14,23-28H2,(H2,46,47,48)(H,49,54,55). The summed E-state index contributed by atoms with van der Waals surface area (Å²) in [5, 5.41) is 8.16. The number of fused-ring (bicyclic) bond motifs is 2. The summed E-state index contributed by atoms with van der Waals surface area (Å²) in [4.78, 5) is 63.9. The number of nitrogens with one attached hydrogen (secondary N) is 1. The van der Waals surface area contributed by atoms with Gasteiger partial charge >= 0.3 is 0 Å². The van der Waals surface area contributed by atoms with E-state index in [-0.39, 0.29) is 24.8 Å². The average Bonchev–Trinajstić information content (AvgIpc) is 3.76. The molecule has 4 amide bonds. The van der Waals surface area contributed by atoms with Crippen molar-refractivity contribution in [1.82, 2.24) is 34.9 Å². The van der Waals surface area contributed by atoms with Gasteiger partial charge in [-0.25, -0.2) is 14.6 Å². The molecule has 2 atom stereocenters. The third-order valence-corrected chi connectivity index (χ3v) is 12.7. The highest BCUT2D eigenvalue weighted by Crippen LogP contribution is 2.37. The van der Waals surface area contributed by atoms with Gasteiger partial charge in [0.25, 0.3) is 11.8 Å². The molecule has 0 aliphatic carbocycles. The third kappa shape index (κ3) is 9.03. The molecule has 3 N–H and O–H groups in total. The Kier molecular flexibility index (Phi) is 12.6. The molecule has 14 heteroatoms. The normalized spacial score (nSPS) is 18.4. The largest absolute Gasteiger partial charge is 0.457 e. The van der Waals surface area contributed by atoms with E-state index in [0.717, 1.165) is 94.7 Å². The van der Waals surface area contributed by atoms with Gasteiger partial charge in [-0.3, -0.25) is 29.4 Å². The minimum atomic E-state index is -0.951. The van der Waals surface area contributed by atoms with E-state index in [1.165, 1.54) is 44.9 Å². The van der Waals surface area contributed by atoms with Gasteiger partial charge in [0.15, 0.2) is 5.65 Å². The zero-order valence-corrected chi connectivity index (χ0v) is 34.0. The molecule has 3 aromatic carbocycles. The average molecular weight is 815 g/mol. The molecule has 2 unspecified atom stereocenters. The number of nitrogens with zero attached hydrogens (tertiary/aromatic N) is 6. The summed E-state index contributed by atoms with van der Waals surface area (Å²) < 4.78 is 8.08. The molecule has 0 bridgehead atoms. The number of likely N-dealkylation sites (tertiary alicyclic amines) is 1. The van der Waals surface area contributed by atoms with E-state index >= 15 is 0 Å². The third-order valence-electron chi connectivity index (χ3n) is 11.5. The number of hydrogen-bond donors (Lipinski definition) is 2. The maximum absolute atomic E-state index is 13.4. The number of imide groups is 2. The van der Waals surface area contributed by atoms with Crippen molar-refractivity contribution in [2.24, 2.45) is 0 Å². The molecule has 0 radical (unpaired) electrons. The van der Waals surface area contributed by atoms with Crippen molar-refractivity contribution in [2.45, 2.75) is 94.0 Å². The first-order valence-electron chi connectivity index (χ1n) is 20.9. The van der Waals surface area contributed by atoms with Crippen LogP contribution in [-0.4, -0.2) is 84.6 Å². The predicted octanol–water partition coefficient (Wildman–Crippen LogP) is 7.82. The number of nitrogen functional groups attached to an aromatic ring is 1. The molecule has 0 spiro atoms. The summed E-state index contributed by atoms with van der Waals surface area (Å²) in [7, 11) is 0. The minimum Gasteiger partial charge on any atom is -0.457 e. The minimum absolute atomic E-state index is 0.107. The Balaban J connectivity index is 0.749. The monoisotopic (exact) mass is 814 g/mol. The number of aromatic nitrogens is 4. The van der Waals surface area contributed by atoms with E-state index in [4.69, 9.17) is 15.6 Å². The lowest BCUT2D eigenvalue weighted by atomic mass is 10.0. The van der Waals surface area contributed by atoms with E-state index < -0.39 is 23.8 Å². The number of amides is 4. The number of nitrogens with two attached hydrogens (primary N) is 1. The zero-order chi connectivity index (χ0) is 40.7. The van der Waals surface area contributed by atoms with Crippen LogP contribution in [0.5, 0.6) is 11.5 Å². The second kappa shape index (κ2) is 18.5. The number of carbonyl (C=O) groups is 4. The van der Waals surface area contributed by atoms with Crippen molar-refractivity contribution in [1.29, 1.82) is 0 Å². The van der Waals surface area contributed by atoms with Crippen LogP contribution in [0, 0.1) is 0 Å². The molecule has 13 nitrogen and oxygen atoms in total. The highest BCUT2D eigenvalue weighted by Gasteiger charge is 2.45. The van der Waals surface area contributed by atoms with Crippen LogP contribution in [0.2, 0.25) is 0 Å². The Morgan fingerprint density at radius 1 is 0.797 bits per heavy atom. The lowest BCUT2D eigenvalue weighted by Crippen LogP contribution is -2.54. The van der Waals surface area contributed by atoms with E-state index in [1.807, 2.05) is 60.7 Å². The number of thioether (sulfide) groups is 1. The van der Waals surface area contributed by atoms with Crippen LogP contribution in [0.15, 0.2) is 84.0 Å². The van der Waals surface area contributed by atoms with E-state index in [1.54, 1.807) is 23.9 Å². The first kappa shape index (κ1) is 40.2. The summed E-state index contributed by atoms with van der Waals surface area (Å²) in [6.07, 6.45) is 13.3. The van der Waals surface area contributed by atoms with Gasteiger partial charge in [-0.05, 0) is 99.5 Å². The zero-order valence-electron chi connectivity index (χ0n) is 33.2. The number of piperidine rings is 2. The van der Waals surface area contributed by atoms with Crippen LogP contribution in [0.25, 0.3) is 22.3 Å². The van der Waals surface area contributed by atoms with Gasteiger partial charge in [-0.2, -0.15) is 5.10 Å². The number of rotatable bonds is 17. The molecular formula is C45H50N8O5S. The summed E-state index contributed by atoms with van der Waals surface area (Å²) in [6.45, 7) is 3.09. The number of hydrogen-bond acceptors (Lipinski definition) is 11. The fourth-order valence-corrected chi connectivity index (χ4v) is 9.56. The SMILES string of the molecule is Nc1ncnc2c1c(-c1ccc(Oc3ccccc3)cc1)nn2C1CCCN(CCCCCCCCCCSc2cccc3c2C(=O)N(C2CCC(=O)NC2=O)C3=O)C1. The van der Waals surface area contributed by atoms with Crippen LogP contribution in [0.4, 0.5) is 5.82 Å². The Morgan fingerprint density at radius 2 is 1.54 bits per heavy atom. The number of para-hydroxylation sites is 1. The predicted molar refractivity (Wildman–Crippen MR) is 227 cm³/mol. The number of anilines is 1. The molecule has 2 fully saturated rings. The molecule has 3 aliphatic rings.